The molecule has 1 unspecified atom stereocenters. The third-order valence-corrected chi connectivity index (χ3v) is 4.27. The fourth-order valence-electron chi connectivity index (χ4n) is 3.01. The van der Waals surface area contributed by atoms with Crippen LogP contribution in [0.5, 0.6) is 0 Å². The SMILES string of the molecule is CNc1nccnc1C1CN(C(=O)CN(C)Cc2cccnc2)CCO1. The number of hydrogen-bond acceptors (Lipinski definition) is 7. The standard InChI is InChI=1S/C18H24N6O2/c1-19-18-17(21-6-7-22-18)15-12-24(8-9-26-15)16(25)13-23(2)11-14-4-3-5-20-10-14/h3-7,10,15H,8-9,11-13H2,1-2H3,(H,19,22). The molecule has 2 aromatic rings. The second-order valence-corrected chi connectivity index (χ2v) is 6.27. The summed E-state index contributed by atoms with van der Waals surface area (Å²) in [6.45, 7) is 2.59. The molecule has 1 N–H and O–H groups in total. The molecule has 1 aliphatic heterocycles. The summed E-state index contributed by atoms with van der Waals surface area (Å²) in [5.41, 5.74) is 1.82. The molecular formula is C18H24N6O2. The van der Waals surface area contributed by atoms with Gasteiger partial charge in [0.15, 0.2) is 0 Å². The number of aromatic nitrogens is 3. The number of anilines is 1. The highest BCUT2D eigenvalue weighted by atomic mass is 16.5. The molecule has 0 aliphatic carbocycles. The van der Waals surface area contributed by atoms with Crippen LogP contribution < -0.4 is 5.32 Å². The zero-order valence-electron chi connectivity index (χ0n) is 15.1. The fourth-order valence-corrected chi connectivity index (χ4v) is 3.01. The van der Waals surface area contributed by atoms with Gasteiger partial charge < -0.3 is 15.0 Å². The van der Waals surface area contributed by atoms with Crippen molar-refractivity contribution in [3.63, 3.8) is 0 Å². The number of pyridine rings is 1. The lowest BCUT2D eigenvalue weighted by atomic mass is 10.2. The Morgan fingerprint density at radius 1 is 1.38 bits per heavy atom. The average Bonchev–Trinajstić information content (AvgIpc) is 2.68. The number of carbonyl (C=O) groups is 1. The van der Waals surface area contributed by atoms with Gasteiger partial charge in [0.2, 0.25) is 5.91 Å². The minimum Gasteiger partial charge on any atom is -0.372 e. The fraction of sp³-hybridized carbons (Fsp3) is 0.444. The Morgan fingerprint density at radius 2 is 2.23 bits per heavy atom. The minimum atomic E-state index is -0.271. The first-order chi connectivity index (χ1) is 12.7. The Morgan fingerprint density at radius 3 is 3.00 bits per heavy atom. The number of nitrogens with zero attached hydrogens (tertiary/aromatic N) is 5. The van der Waals surface area contributed by atoms with Gasteiger partial charge in [-0.3, -0.25) is 19.7 Å². The summed E-state index contributed by atoms with van der Waals surface area (Å²) in [7, 11) is 3.73. The Hall–Kier alpha value is -2.58. The van der Waals surface area contributed by atoms with Crippen molar-refractivity contribution in [2.45, 2.75) is 12.6 Å². The maximum absolute atomic E-state index is 12.7. The quantitative estimate of drug-likeness (QED) is 0.825. The van der Waals surface area contributed by atoms with E-state index in [0.717, 1.165) is 11.3 Å². The molecule has 1 amide bonds. The van der Waals surface area contributed by atoms with Crippen LogP contribution in [0.4, 0.5) is 5.82 Å². The molecule has 138 valence electrons. The van der Waals surface area contributed by atoms with E-state index >= 15 is 0 Å². The smallest absolute Gasteiger partial charge is 0.236 e. The van der Waals surface area contributed by atoms with Gasteiger partial charge in [-0.2, -0.15) is 0 Å². The predicted molar refractivity (Wildman–Crippen MR) is 97.4 cm³/mol. The van der Waals surface area contributed by atoms with Gasteiger partial charge in [-0.25, -0.2) is 4.98 Å². The number of amides is 1. The molecule has 1 saturated heterocycles. The van der Waals surface area contributed by atoms with Crippen LogP contribution in [-0.2, 0) is 16.1 Å². The van der Waals surface area contributed by atoms with Crippen LogP contribution in [0.25, 0.3) is 0 Å². The molecule has 0 bridgehead atoms. The number of likely N-dealkylation sites (N-methyl/N-ethyl adjacent to an activating group) is 1. The molecule has 3 rings (SSSR count). The monoisotopic (exact) mass is 356 g/mol. The third kappa shape index (κ3) is 4.53. The Labute approximate surface area is 153 Å². The van der Waals surface area contributed by atoms with Crippen molar-refractivity contribution in [1.29, 1.82) is 0 Å². The van der Waals surface area contributed by atoms with Gasteiger partial charge >= 0.3 is 0 Å². The van der Waals surface area contributed by atoms with Gasteiger partial charge in [0, 0.05) is 44.9 Å². The molecule has 1 aliphatic rings. The van der Waals surface area contributed by atoms with E-state index in [1.54, 1.807) is 25.6 Å². The van der Waals surface area contributed by atoms with E-state index in [1.165, 1.54) is 0 Å². The van der Waals surface area contributed by atoms with E-state index in [4.69, 9.17) is 4.74 Å². The number of rotatable bonds is 6. The Balaban J connectivity index is 1.59. The number of ether oxygens (including phenoxy) is 1. The lowest BCUT2D eigenvalue weighted by molar-refractivity contribution is -0.140. The summed E-state index contributed by atoms with van der Waals surface area (Å²) < 4.78 is 5.83. The molecule has 1 atom stereocenters. The van der Waals surface area contributed by atoms with Crippen LogP contribution in [0.1, 0.15) is 17.4 Å². The zero-order chi connectivity index (χ0) is 18.4. The van der Waals surface area contributed by atoms with Gasteiger partial charge in [0.05, 0.1) is 19.7 Å². The maximum atomic E-state index is 12.7. The van der Waals surface area contributed by atoms with Crippen LogP contribution in [0.2, 0.25) is 0 Å². The van der Waals surface area contributed by atoms with Crippen LogP contribution in [0.3, 0.4) is 0 Å². The number of hydrogen-bond donors (Lipinski definition) is 1. The van der Waals surface area contributed by atoms with Crippen molar-refractivity contribution >= 4 is 11.7 Å². The number of morpholine rings is 1. The van der Waals surface area contributed by atoms with Crippen LogP contribution in [0, 0.1) is 0 Å². The van der Waals surface area contributed by atoms with E-state index in [2.05, 4.69) is 20.3 Å². The van der Waals surface area contributed by atoms with E-state index < -0.39 is 0 Å². The summed E-state index contributed by atoms with van der Waals surface area (Å²) in [5.74, 6) is 0.764. The van der Waals surface area contributed by atoms with E-state index in [1.807, 2.05) is 35.2 Å². The first-order valence-corrected chi connectivity index (χ1v) is 8.63. The summed E-state index contributed by atoms with van der Waals surface area (Å²) >= 11 is 0. The molecule has 0 saturated carbocycles. The first-order valence-electron chi connectivity index (χ1n) is 8.63. The van der Waals surface area contributed by atoms with E-state index in [-0.39, 0.29) is 12.0 Å². The zero-order valence-corrected chi connectivity index (χ0v) is 15.1. The minimum absolute atomic E-state index is 0.0830. The molecule has 3 heterocycles. The van der Waals surface area contributed by atoms with Crippen molar-refractivity contribution < 1.29 is 9.53 Å². The number of carbonyl (C=O) groups excluding carboxylic acids is 1. The second kappa shape index (κ2) is 8.68. The van der Waals surface area contributed by atoms with E-state index in [9.17, 15) is 4.79 Å². The molecule has 0 spiro atoms. The molecule has 8 nitrogen and oxygen atoms in total. The first kappa shape index (κ1) is 18.2. The summed E-state index contributed by atoms with van der Waals surface area (Å²) in [6, 6.07) is 3.91. The van der Waals surface area contributed by atoms with Gasteiger partial charge in [0.25, 0.3) is 0 Å². The van der Waals surface area contributed by atoms with Gasteiger partial charge in [-0.05, 0) is 18.7 Å². The van der Waals surface area contributed by atoms with Crippen LogP contribution in [0.15, 0.2) is 36.9 Å². The average molecular weight is 356 g/mol. The molecule has 0 aromatic carbocycles. The molecule has 0 radical (unpaired) electrons. The highest BCUT2D eigenvalue weighted by Gasteiger charge is 2.28. The lowest BCUT2D eigenvalue weighted by Gasteiger charge is -2.34. The molecule has 8 heteroatoms. The van der Waals surface area contributed by atoms with Crippen molar-refractivity contribution in [2.75, 3.05) is 45.7 Å². The topological polar surface area (TPSA) is 83.5 Å². The second-order valence-electron chi connectivity index (χ2n) is 6.27. The predicted octanol–water partition coefficient (Wildman–Crippen LogP) is 0.945. The molecular weight excluding hydrogens is 332 g/mol. The molecule has 1 fully saturated rings. The lowest BCUT2D eigenvalue weighted by Crippen LogP contribution is -2.46. The van der Waals surface area contributed by atoms with Crippen molar-refractivity contribution in [1.82, 2.24) is 24.8 Å². The maximum Gasteiger partial charge on any atom is 0.236 e. The van der Waals surface area contributed by atoms with E-state index in [0.29, 0.717) is 38.6 Å². The Kier molecular flexibility index (Phi) is 6.08. The third-order valence-electron chi connectivity index (χ3n) is 4.27. The largest absolute Gasteiger partial charge is 0.372 e. The Bertz CT molecular complexity index is 727. The summed E-state index contributed by atoms with van der Waals surface area (Å²) in [6.07, 6.45) is 6.57. The van der Waals surface area contributed by atoms with Gasteiger partial charge in [-0.15, -0.1) is 0 Å². The highest BCUT2D eigenvalue weighted by molar-refractivity contribution is 5.78. The highest BCUT2D eigenvalue weighted by Crippen LogP contribution is 2.25. The summed E-state index contributed by atoms with van der Waals surface area (Å²) in [5, 5.41) is 3.03. The van der Waals surface area contributed by atoms with Crippen LogP contribution >= 0.6 is 0 Å². The van der Waals surface area contributed by atoms with Crippen molar-refractivity contribution in [3.8, 4) is 0 Å². The molecule has 2 aromatic heterocycles. The summed E-state index contributed by atoms with van der Waals surface area (Å²) in [4.78, 5) is 29.3. The van der Waals surface area contributed by atoms with Gasteiger partial charge in [-0.1, -0.05) is 6.07 Å². The number of nitrogens with one attached hydrogen (secondary N) is 1. The van der Waals surface area contributed by atoms with Gasteiger partial charge in [0.1, 0.15) is 17.6 Å². The van der Waals surface area contributed by atoms with Crippen molar-refractivity contribution in [2.24, 2.45) is 0 Å². The van der Waals surface area contributed by atoms with Crippen molar-refractivity contribution in [3.05, 3.63) is 48.2 Å². The van der Waals surface area contributed by atoms with Crippen LogP contribution in [-0.4, -0.2) is 71.0 Å². The normalized spacial score (nSPS) is 17.3. The molecule has 26 heavy (non-hydrogen) atoms.